The van der Waals surface area contributed by atoms with E-state index < -0.39 is 0 Å². The number of aryl methyl sites for hydroxylation is 4. The number of anilines is 1. The Bertz CT molecular complexity index is 969. The molecular formula is C18H18ClN3OS2. The van der Waals surface area contributed by atoms with Crippen molar-refractivity contribution in [1.82, 2.24) is 9.97 Å². The highest BCUT2D eigenvalue weighted by molar-refractivity contribution is 8.00. The Balaban J connectivity index is 1.78. The molecule has 2 aromatic heterocycles. The van der Waals surface area contributed by atoms with E-state index in [0.717, 1.165) is 32.3 Å². The highest BCUT2D eigenvalue weighted by Crippen LogP contribution is 2.35. The molecule has 3 rings (SSSR count). The van der Waals surface area contributed by atoms with Gasteiger partial charge in [0, 0.05) is 21.0 Å². The first-order valence-corrected chi connectivity index (χ1v) is 9.96. The van der Waals surface area contributed by atoms with Gasteiger partial charge in [0.15, 0.2) is 0 Å². The summed E-state index contributed by atoms with van der Waals surface area (Å²) in [5.41, 5.74) is 2.91. The summed E-state index contributed by atoms with van der Waals surface area (Å²) in [5, 5.41) is 5.44. The molecule has 4 nitrogen and oxygen atoms in total. The molecule has 7 heteroatoms. The summed E-state index contributed by atoms with van der Waals surface area (Å²) in [7, 11) is 0. The van der Waals surface area contributed by atoms with E-state index in [0.29, 0.717) is 5.02 Å². The maximum absolute atomic E-state index is 12.3. The van der Waals surface area contributed by atoms with Crippen molar-refractivity contribution < 1.29 is 4.79 Å². The molecule has 0 radical (unpaired) electrons. The van der Waals surface area contributed by atoms with Gasteiger partial charge < -0.3 is 5.32 Å². The minimum Gasteiger partial charge on any atom is -0.325 e. The number of hydrogen-bond acceptors (Lipinski definition) is 5. The average Bonchev–Trinajstić information content (AvgIpc) is 2.83. The highest BCUT2D eigenvalue weighted by Gasteiger charge is 2.15. The van der Waals surface area contributed by atoms with Gasteiger partial charge in [-0.2, -0.15) is 0 Å². The molecule has 0 fully saturated rings. The fourth-order valence-corrected chi connectivity index (χ4v) is 4.71. The van der Waals surface area contributed by atoms with Crippen molar-refractivity contribution in [3.05, 3.63) is 45.1 Å². The number of nitrogens with zero attached hydrogens (tertiary/aromatic N) is 2. The lowest BCUT2D eigenvalue weighted by atomic mass is 10.2. The standard InChI is InChI=1S/C18H18ClN3OS2/c1-9-5-6-13(19)7-14(9)22-15(23)8-24-17-16-10(2)11(3)25-18(16)21-12(4)20-17/h5-7H,8H2,1-4H3,(H,22,23). The fourth-order valence-electron chi connectivity index (χ4n) is 2.47. The number of halogens is 1. The molecule has 0 spiro atoms. The number of carbonyl (C=O) groups is 1. The van der Waals surface area contributed by atoms with E-state index in [1.165, 1.54) is 22.2 Å². The Labute approximate surface area is 160 Å². The van der Waals surface area contributed by atoms with Crippen LogP contribution >= 0.6 is 34.7 Å². The van der Waals surface area contributed by atoms with Crippen LogP contribution in [0.1, 0.15) is 21.8 Å². The molecule has 25 heavy (non-hydrogen) atoms. The first-order valence-electron chi connectivity index (χ1n) is 7.78. The van der Waals surface area contributed by atoms with E-state index in [1.807, 2.05) is 26.0 Å². The van der Waals surface area contributed by atoms with E-state index in [2.05, 4.69) is 29.1 Å². The Morgan fingerprint density at radius 2 is 2.00 bits per heavy atom. The minimum absolute atomic E-state index is 0.0793. The third-order valence-electron chi connectivity index (χ3n) is 3.92. The largest absolute Gasteiger partial charge is 0.325 e. The van der Waals surface area contributed by atoms with Crippen LogP contribution in [-0.2, 0) is 4.79 Å². The van der Waals surface area contributed by atoms with Crippen molar-refractivity contribution in [3.8, 4) is 0 Å². The van der Waals surface area contributed by atoms with E-state index in [1.54, 1.807) is 17.4 Å². The molecule has 0 aliphatic heterocycles. The zero-order chi connectivity index (χ0) is 18.1. The summed E-state index contributed by atoms with van der Waals surface area (Å²) >= 11 is 9.11. The van der Waals surface area contributed by atoms with E-state index in [9.17, 15) is 4.79 Å². The summed E-state index contributed by atoms with van der Waals surface area (Å²) in [4.78, 5) is 23.6. The van der Waals surface area contributed by atoms with Crippen molar-refractivity contribution >= 4 is 56.5 Å². The van der Waals surface area contributed by atoms with Gasteiger partial charge in [0.05, 0.1) is 5.75 Å². The maximum Gasteiger partial charge on any atom is 0.234 e. The summed E-state index contributed by atoms with van der Waals surface area (Å²) in [6, 6.07) is 5.46. The number of fused-ring (bicyclic) bond motifs is 1. The van der Waals surface area contributed by atoms with E-state index in [4.69, 9.17) is 11.6 Å². The molecule has 0 bridgehead atoms. The smallest absolute Gasteiger partial charge is 0.234 e. The minimum atomic E-state index is -0.0793. The van der Waals surface area contributed by atoms with Crippen molar-refractivity contribution in [3.63, 3.8) is 0 Å². The van der Waals surface area contributed by atoms with Gasteiger partial charge in [-0.1, -0.05) is 29.4 Å². The van der Waals surface area contributed by atoms with Crippen molar-refractivity contribution in [2.24, 2.45) is 0 Å². The topological polar surface area (TPSA) is 54.9 Å². The highest BCUT2D eigenvalue weighted by atomic mass is 35.5. The monoisotopic (exact) mass is 391 g/mol. The normalized spacial score (nSPS) is 11.1. The lowest BCUT2D eigenvalue weighted by Gasteiger charge is -2.09. The lowest BCUT2D eigenvalue weighted by Crippen LogP contribution is -2.15. The number of nitrogens with one attached hydrogen (secondary N) is 1. The third kappa shape index (κ3) is 3.97. The summed E-state index contributed by atoms with van der Waals surface area (Å²) < 4.78 is 0. The van der Waals surface area contributed by atoms with Crippen molar-refractivity contribution in [2.45, 2.75) is 32.7 Å². The summed E-state index contributed by atoms with van der Waals surface area (Å²) in [6.07, 6.45) is 0. The van der Waals surface area contributed by atoms with Gasteiger partial charge in [0.2, 0.25) is 5.91 Å². The number of hydrogen-bond donors (Lipinski definition) is 1. The predicted octanol–water partition coefficient (Wildman–Crippen LogP) is 5.31. The molecule has 0 aliphatic rings. The summed E-state index contributed by atoms with van der Waals surface area (Å²) in [6.45, 7) is 7.98. The zero-order valence-corrected chi connectivity index (χ0v) is 16.8. The summed E-state index contributed by atoms with van der Waals surface area (Å²) in [5.74, 6) is 0.929. The van der Waals surface area contributed by atoms with Gasteiger partial charge in [0.1, 0.15) is 15.7 Å². The third-order valence-corrected chi connectivity index (χ3v) is 6.23. The average molecular weight is 392 g/mol. The number of rotatable bonds is 4. The van der Waals surface area contributed by atoms with Gasteiger partial charge in [0.25, 0.3) is 0 Å². The number of aromatic nitrogens is 2. The molecule has 130 valence electrons. The second-order valence-corrected chi connectivity index (χ2v) is 8.44. The van der Waals surface area contributed by atoms with Crippen LogP contribution in [0.5, 0.6) is 0 Å². The first-order chi connectivity index (χ1) is 11.8. The second kappa shape index (κ2) is 7.32. The van der Waals surface area contributed by atoms with Gasteiger partial charge >= 0.3 is 0 Å². The molecule has 0 saturated heterocycles. The molecule has 0 saturated carbocycles. The number of amides is 1. The van der Waals surface area contributed by atoms with Crippen LogP contribution in [0.25, 0.3) is 10.2 Å². The Morgan fingerprint density at radius 3 is 2.76 bits per heavy atom. The Kier molecular flexibility index (Phi) is 5.32. The molecule has 0 aliphatic carbocycles. The molecule has 0 unspecified atom stereocenters. The molecule has 1 amide bonds. The Morgan fingerprint density at radius 1 is 1.24 bits per heavy atom. The van der Waals surface area contributed by atoms with Crippen LogP contribution in [0.2, 0.25) is 5.02 Å². The van der Waals surface area contributed by atoms with Crippen LogP contribution in [0.15, 0.2) is 23.2 Å². The lowest BCUT2D eigenvalue weighted by molar-refractivity contribution is -0.113. The number of thioether (sulfide) groups is 1. The molecule has 1 aromatic carbocycles. The first kappa shape index (κ1) is 18.2. The van der Waals surface area contributed by atoms with Crippen molar-refractivity contribution in [1.29, 1.82) is 0 Å². The van der Waals surface area contributed by atoms with Crippen LogP contribution in [0, 0.1) is 27.7 Å². The molecule has 1 N–H and O–H groups in total. The fraction of sp³-hybridized carbons (Fsp3) is 0.278. The quantitative estimate of drug-likeness (QED) is 0.483. The predicted molar refractivity (Wildman–Crippen MR) is 107 cm³/mol. The Hall–Kier alpha value is -1.63. The molecular weight excluding hydrogens is 374 g/mol. The van der Waals surface area contributed by atoms with Crippen molar-refractivity contribution in [2.75, 3.05) is 11.1 Å². The van der Waals surface area contributed by atoms with Crippen LogP contribution in [0.3, 0.4) is 0 Å². The van der Waals surface area contributed by atoms with Crippen LogP contribution in [-0.4, -0.2) is 21.6 Å². The van der Waals surface area contributed by atoms with Gasteiger partial charge in [-0.15, -0.1) is 11.3 Å². The maximum atomic E-state index is 12.3. The number of thiophene rings is 1. The van der Waals surface area contributed by atoms with Crippen LogP contribution in [0.4, 0.5) is 5.69 Å². The van der Waals surface area contributed by atoms with Gasteiger partial charge in [-0.05, 0) is 51.0 Å². The van der Waals surface area contributed by atoms with Crippen LogP contribution < -0.4 is 5.32 Å². The molecule has 2 heterocycles. The molecule has 0 atom stereocenters. The number of benzene rings is 1. The second-order valence-electron chi connectivity index (χ2n) is 5.84. The van der Waals surface area contributed by atoms with Gasteiger partial charge in [-0.3, -0.25) is 4.79 Å². The SMILES string of the molecule is Cc1nc(SCC(=O)Nc2cc(Cl)ccc2C)c2c(C)c(C)sc2n1. The number of carbonyl (C=O) groups excluding carboxylic acids is 1. The molecule has 3 aromatic rings. The van der Waals surface area contributed by atoms with Gasteiger partial charge in [-0.25, -0.2) is 9.97 Å². The van der Waals surface area contributed by atoms with E-state index in [-0.39, 0.29) is 11.7 Å². The zero-order valence-electron chi connectivity index (χ0n) is 14.4. The van der Waals surface area contributed by atoms with E-state index >= 15 is 0 Å².